The first-order chi connectivity index (χ1) is 10.1. The number of carbonyl (C=O) groups excluding carboxylic acids is 1. The van der Waals surface area contributed by atoms with E-state index >= 15 is 0 Å². The molecule has 0 aliphatic rings. The second-order valence-electron chi connectivity index (χ2n) is 4.88. The van der Waals surface area contributed by atoms with Crippen LogP contribution in [0.5, 0.6) is 0 Å². The number of rotatable bonds is 8. The first kappa shape index (κ1) is 17.3. The number of hydrogen-bond donors (Lipinski definition) is 2. The second kappa shape index (κ2) is 8.52. The Morgan fingerprint density at radius 1 is 1.33 bits per heavy atom. The fourth-order valence-electron chi connectivity index (χ4n) is 2.49. The van der Waals surface area contributed by atoms with Gasteiger partial charge in [-0.25, -0.2) is 4.79 Å². The van der Waals surface area contributed by atoms with Gasteiger partial charge in [-0.2, -0.15) is 0 Å². The molecule has 1 rings (SSSR count). The normalized spacial score (nSPS) is 10.7. The Morgan fingerprint density at radius 2 is 2.00 bits per heavy atom. The Morgan fingerprint density at radius 3 is 2.48 bits per heavy atom. The lowest BCUT2D eigenvalue weighted by atomic mass is 10.1. The van der Waals surface area contributed by atoms with Crippen LogP contribution >= 0.6 is 0 Å². The smallest absolute Gasteiger partial charge is 0.338 e. The molecule has 0 bridgehead atoms. The van der Waals surface area contributed by atoms with Crippen molar-refractivity contribution in [3.63, 3.8) is 0 Å². The molecular weight excluding hydrogens is 268 g/mol. The molecule has 0 unspecified atom stereocenters. The molecule has 0 heterocycles. The van der Waals surface area contributed by atoms with Gasteiger partial charge in [0.25, 0.3) is 0 Å². The van der Waals surface area contributed by atoms with Crippen LogP contribution in [0, 0.1) is 0 Å². The number of ether oxygens (including phenoxy) is 1. The molecule has 0 atom stereocenters. The maximum absolute atomic E-state index is 11.7. The van der Waals surface area contributed by atoms with Gasteiger partial charge in [0.05, 0.1) is 30.2 Å². The SMILES string of the molecule is CCOC(=O)c1ccc(N(CCO)C(CC)CC)c(N)c1. The quantitative estimate of drug-likeness (QED) is 0.569. The predicted octanol–water partition coefficient (Wildman–Crippen LogP) is 2.43. The number of aliphatic hydroxyl groups excluding tert-OH is 1. The lowest BCUT2D eigenvalue weighted by molar-refractivity contribution is 0.0526. The van der Waals surface area contributed by atoms with Gasteiger partial charge in [-0.05, 0) is 38.0 Å². The minimum atomic E-state index is -0.369. The van der Waals surface area contributed by atoms with E-state index in [2.05, 4.69) is 18.7 Å². The standard InChI is InChI=1S/C16H26N2O3/c1-4-13(5-2)18(9-10-19)15-8-7-12(11-14(15)17)16(20)21-6-3/h7-8,11,13,19H,4-6,9-10,17H2,1-3H3. The molecule has 5 nitrogen and oxygen atoms in total. The van der Waals surface area contributed by atoms with E-state index in [-0.39, 0.29) is 12.6 Å². The lowest BCUT2D eigenvalue weighted by Crippen LogP contribution is -2.37. The maximum atomic E-state index is 11.7. The summed E-state index contributed by atoms with van der Waals surface area (Å²) < 4.78 is 4.97. The average Bonchev–Trinajstić information content (AvgIpc) is 2.48. The van der Waals surface area contributed by atoms with Gasteiger partial charge in [-0.1, -0.05) is 13.8 Å². The summed E-state index contributed by atoms with van der Waals surface area (Å²) in [4.78, 5) is 13.8. The number of aliphatic hydroxyl groups is 1. The molecule has 0 saturated carbocycles. The summed E-state index contributed by atoms with van der Waals surface area (Å²) in [5.74, 6) is -0.369. The highest BCUT2D eigenvalue weighted by Crippen LogP contribution is 2.28. The number of carbonyl (C=O) groups is 1. The van der Waals surface area contributed by atoms with Gasteiger partial charge in [0.1, 0.15) is 0 Å². The predicted molar refractivity (Wildman–Crippen MR) is 85.6 cm³/mol. The lowest BCUT2D eigenvalue weighted by Gasteiger charge is -2.33. The van der Waals surface area contributed by atoms with Crippen LogP contribution in [0.3, 0.4) is 0 Å². The summed E-state index contributed by atoms with van der Waals surface area (Å²) in [6.45, 7) is 6.92. The van der Waals surface area contributed by atoms with Crippen LogP contribution in [-0.4, -0.2) is 36.9 Å². The van der Waals surface area contributed by atoms with Crippen LogP contribution in [-0.2, 0) is 4.74 Å². The van der Waals surface area contributed by atoms with Crippen LogP contribution in [0.2, 0.25) is 0 Å². The van der Waals surface area contributed by atoms with Gasteiger partial charge < -0.3 is 20.5 Å². The molecule has 0 saturated heterocycles. The molecule has 1 aromatic rings. The zero-order valence-corrected chi connectivity index (χ0v) is 13.1. The fourth-order valence-corrected chi connectivity index (χ4v) is 2.49. The van der Waals surface area contributed by atoms with Gasteiger partial charge >= 0.3 is 5.97 Å². The number of nitrogens with zero attached hydrogens (tertiary/aromatic N) is 1. The van der Waals surface area contributed by atoms with Crippen LogP contribution < -0.4 is 10.6 Å². The van der Waals surface area contributed by atoms with Crippen LogP contribution in [0.25, 0.3) is 0 Å². The summed E-state index contributed by atoms with van der Waals surface area (Å²) >= 11 is 0. The topological polar surface area (TPSA) is 75.8 Å². The highest BCUT2D eigenvalue weighted by Gasteiger charge is 2.18. The summed E-state index contributed by atoms with van der Waals surface area (Å²) in [7, 11) is 0. The van der Waals surface area contributed by atoms with Crippen molar-refractivity contribution in [2.45, 2.75) is 39.7 Å². The molecule has 21 heavy (non-hydrogen) atoms. The van der Waals surface area contributed by atoms with E-state index in [4.69, 9.17) is 10.5 Å². The molecule has 0 aliphatic carbocycles. The van der Waals surface area contributed by atoms with E-state index in [0.717, 1.165) is 18.5 Å². The summed E-state index contributed by atoms with van der Waals surface area (Å²) in [6.07, 6.45) is 1.94. The first-order valence-electron chi connectivity index (χ1n) is 7.53. The second-order valence-corrected chi connectivity index (χ2v) is 4.88. The van der Waals surface area contributed by atoms with Crippen molar-refractivity contribution in [3.8, 4) is 0 Å². The maximum Gasteiger partial charge on any atom is 0.338 e. The summed E-state index contributed by atoms with van der Waals surface area (Å²) in [6, 6.07) is 5.50. The minimum absolute atomic E-state index is 0.0650. The third kappa shape index (κ3) is 4.36. The van der Waals surface area contributed by atoms with Gasteiger partial charge in [0, 0.05) is 12.6 Å². The molecule has 0 spiro atoms. The molecule has 3 N–H and O–H groups in total. The van der Waals surface area contributed by atoms with Crippen molar-refractivity contribution < 1.29 is 14.6 Å². The molecule has 0 radical (unpaired) electrons. The van der Waals surface area contributed by atoms with E-state index in [1.807, 2.05) is 6.07 Å². The number of nitrogen functional groups attached to an aromatic ring is 1. The van der Waals surface area contributed by atoms with Gasteiger partial charge in [0.2, 0.25) is 0 Å². The third-order valence-electron chi connectivity index (χ3n) is 3.57. The Hall–Kier alpha value is -1.75. The van der Waals surface area contributed by atoms with E-state index in [1.165, 1.54) is 0 Å². The van der Waals surface area contributed by atoms with Crippen LogP contribution in [0.1, 0.15) is 44.0 Å². The largest absolute Gasteiger partial charge is 0.462 e. The van der Waals surface area contributed by atoms with E-state index < -0.39 is 0 Å². The van der Waals surface area contributed by atoms with Crippen molar-refractivity contribution in [3.05, 3.63) is 23.8 Å². The first-order valence-corrected chi connectivity index (χ1v) is 7.53. The van der Waals surface area contributed by atoms with Crippen molar-refractivity contribution in [1.29, 1.82) is 0 Å². The molecule has 0 aromatic heterocycles. The van der Waals surface area contributed by atoms with Crippen molar-refractivity contribution in [2.75, 3.05) is 30.4 Å². The molecule has 5 heteroatoms. The molecule has 0 aliphatic heterocycles. The molecule has 0 amide bonds. The van der Waals surface area contributed by atoms with Gasteiger partial charge in [-0.15, -0.1) is 0 Å². The zero-order chi connectivity index (χ0) is 15.8. The Labute approximate surface area is 126 Å². The Kier molecular flexibility index (Phi) is 7.02. The van der Waals surface area contributed by atoms with Crippen LogP contribution in [0.15, 0.2) is 18.2 Å². The van der Waals surface area contributed by atoms with Gasteiger partial charge in [0.15, 0.2) is 0 Å². The minimum Gasteiger partial charge on any atom is -0.462 e. The third-order valence-corrected chi connectivity index (χ3v) is 3.57. The van der Waals surface area contributed by atoms with Crippen LogP contribution in [0.4, 0.5) is 11.4 Å². The number of esters is 1. The van der Waals surface area contributed by atoms with Gasteiger partial charge in [-0.3, -0.25) is 0 Å². The van der Waals surface area contributed by atoms with Crippen molar-refractivity contribution in [1.82, 2.24) is 0 Å². The fraction of sp³-hybridized carbons (Fsp3) is 0.562. The van der Waals surface area contributed by atoms with Crippen molar-refractivity contribution >= 4 is 17.3 Å². The molecule has 1 aromatic carbocycles. The number of benzene rings is 1. The zero-order valence-electron chi connectivity index (χ0n) is 13.1. The van der Waals surface area contributed by atoms with E-state index in [1.54, 1.807) is 19.1 Å². The number of hydrogen-bond acceptors (Lipinski definition) is 5. The monoisotopic (exact) mass is 294 g/mol. The average molecular weight is 294 g/mol. The molecular formula is C16H26N2O3. The summed E-state index contributed by atoms with van der Waals surface area (Å²) in [5.41, 5.74) is 7.93. The number of nitrogens with two attached hydrogens (primary N) is 1. The highest BCUT2D eigenvalue weighted by molar-refractivity contribution is 5.92. The Balaban J connectivity index is 3.07. The highest BCUT2D eigenvalue weighted by atomic mass is 16.5. The number of anilines is 2. The van der Waals surface area contributed by atoms with E-state index in [9.17, 15) is 9.90 Å². The summed E-state index contributed by atoms with van der Waals surface area (Å²) in [5, 5.41) is 9.29. The van der Waals surface area contributed by atoms with E-state index in [0.29, 0.717) is 30.4 Å². The molecule has 0 fully saturated rings. The Bertz CT molecular complexity index is 459. The van der Waals surface area contributed by atoms with Crippen molar-refractivity contribution in [2.24, 2.45) is 0 Å². The molecule has 118 valence electrons.